The van der Waals surface area contributed by atoms with Gasteiger partial charge in [0.15, 0.2) is 0 Å². The van der Waals surface area contributed by atoms with E-state index in [1.165, 1.54) is 0 Å². The van der Waals surface area contributed by atoms with Crippen molar-refractivity contribution in [2.75, 3.05) is 6.61 Å². The first-order chi connectivity index (χ1) is 7.23. The summed E-state index contributed by atoms with van der Waals surface area (Å²) in [5.74, 6) is 0.471. The zero-order chi connectivity index (χ0) is 12.5. The molecule has 1 aliphatic rings. The highest BCUT2D eigenvalue weighted by Gasteiger charge is 2.43. The summed E-state index contributed by atoms with van der Waals surface area (Å²) < 4.78 is 5.29. The van der Waals surface area contributed by atoms with Gasteiger partial charge in [0, 0.05) is 5.54 Å². The van der Waals surface area contributed by atoms with Crippen molar-refractivity contribution in [1.29, 1.82) is 0 Å². The summed E-state index contributed by atoms with van der Waals surface area (Å²) in [6.07, 6.45) is 0.0974. The molecule has 0 spiro atoms. The van der Waals surface area contributed by atoms with Gasteiger partial charge >= 0.3 is 6.09 Å². The molecule has 1 heterocycles. The van der Waals surface area contributed by atoms with E-state index in [4.69, 9.17) is 4.74 Å². The van der Waals surface area contributed by atoms with Crippen LogP contribution in [0.3, 0.4) is 0 Å². The Kier molecular flexibility index (Phi) is 3.84. The third-order valence-electron chi connectivity index (χ3n) is 2.76. The second-order valence-corrected chi connectivity index (χ2v) is 5.89. The summed E-state index contributed by atoms with van der Waals surface area (Å²) in [5, 5.41) is 9.34. The summed E-state index contributed by atoms with van der Waals surface area (Å²) in [6, 6.07) is -0.0162. The number of hydrogen-bond donors (Lipinski definition) is 1. The van der Waals surface area contributed by atoms with Gasteiger partial charge in [-0.2, -0.15) is 0 Å². The topological polar surface area (TPSA) is 53.1 Å². The summed E-state index contributed by atoms with van der Waals surface area (Å²) in [5.41, 5.74) is -0.378. The molecule has 4 nitrogen and oxygen atoms in total. The fourth-order valence-electron chi connectivity index (χ4n) is 2.11. The maximum Gasteiger partial charge on any atom is 0.408 e. The number of nitrogens with zero attached hydrogens (tertiary/aromatic N) is 1. The fourth-order valence-corrected chi connectivity index (χ4v) is 2.11. The molecule has 1 fully saturated rings. The van der Waals surface area contributed by atoms with Gasteiger partial charge in [0.05, 0.1) is 12.6 Å². The highest BCUT2D eigenvalue weighted by atomic mass is 16.6. The van der Waals surface area contributed by atoms with E-state index in [1.54, 1.807) is 4.90 Å². The number of rotatable bonds is 4. The summed E-state index contributed by atoms with van der Waals surface area (Å²) in [7, 11) is 0. The van der Waals surface area contributed by atoms with Crippen LogP contribution in [0.2, 0.25) is 0 Å². The molecular formula is C12H23NO3. The monoisotopic (exact) mass is 229 g/mol. The molecule has 1 rings (SSSR count). The molecule has 1 aliphatic heterocycles. The van der Waals surface area contributed by atoms with Gasteiger partial charge in [-0.25, -0.2) is 4.79 Å². The minimum Gasteiger partial charge on any atom is -0.465 e. The molecule has 94 valence electrons. The highest BCUT2D eigenvalue weighted by molar-refractivity contribution is 5.66. The quantitative estimate of drug-likeness (QED) is 0.754. The second-order valence-electron chi connectivity index (χ2n) is 5.89. The van der Waals surface area contributed by atoms with E-state index >= 15 is 0 Å². The number of amides is 1. The number of ether oxygens (including phenoxy) is 1. The average Bonchev–Trinajstić information content (AvgIpc) is 2.79. The van der Waals surface area contributed by atoms with Crippen LogP contribution in [0.4, 0.5) is 4.79 Å². The lowest BCUT2D eigenvalue weighted by Gasteiger charge is -2.39. The van der Waals surface area contributed by atoms with E-state index in [1.807, 2.05) is 20.8 Å². The van der Waals surface area contributed by atoms with E-state index in [0.717, 1.165) is 6.42 Å². The minimum atomic E-state index is -0.853. The smallest absolute Gasteiger partial charge is 0.408 e. The Morgan fingerprint density at radius 1 is 1.50 bits per heavy atom. The molecule has 1 saturated heterocycles. The number of carboxylic acid groups (broad SMARTS) is 1. The molecule has 4 heteroatoms. The second kappa shape index (κ2) is 4.62. The van der Waals surface area contributed by atoms with Gasteiger partial charge < -0.3 is 9.84 Å². The molecule has 1 amide bonds. The van der Waals surface area contributed by atoms with Crippen molar-refractivity contribution in [1.82, 2.24) is 4.90 Å². The molecule has 0 saturated carbocycles. The van der Waals surface area contributed by atoms with Crippen LogP contribution in [0.5, 0.6) is 0 Å². The first kappa shape index (κ1) is 13.3. The number of hydrogen-bond acceptors (Lipinski definition) is 2. The Hall–Kier alpha value is -0.770. The number of epoxide rings is 1. The van der Waals surface area contributed by atoms with Crippen LogP contribution < -0.4 is 0 Å². The van der Waals surface area contributed by atoms with Crippen LogP contribution in [-0.4, -0.2) is 40.4 Å². The minimum absolute atomic E-state index is 0.0162. The molecule has 1 N–H and O–H groups in total. The van der Waals surface area contributed by atoms with Gasteiger partial charge in [-0.1, -0.05) is 13.8 Å². The maximum atomic E-state index is 11.4. The Morgan fingerprint density at radius 2 is 2.00 bits per heavy atom. The van der Waals surface area contributed by atoms with E-state index in [-0.39, 0.29) is 17.7 Å². The van der Waals surface area contributed by atoms with Crippen molar-refractivity contribution in [2.24, 2.45) is 5.92 Å². The van der Waals surface area contributed by atoms with Gasteiger partial charge in [-0.05, 0) is 33.1 Å². The van der Waals surface area contributed by atoms with Gasteiger partial charge in [-0.15, -0.1) is 0 Å². The third-order valence-corrected chi connectivity index (χ3v) is 2.76. The van der Waals surface area contributed by atoms with Crippen LogP contribution in [0.1, 0.15) is 41.0 Å². The van der Waals surface area contributed by atoms with E-state index < -0.39 is 6.09 Å². The summed E-state index contributed by atoms with van der Waals surface area (Å²) in [6.45, 7) is 10.7. The first-order valence-electron chi connectivity index (χ1n) is 5.87. The molecular weight excluding hydrogens is 206 g/mol. The van der Waals surface area contributed by atoms with Crippen LogP contribution in [0.15, 0.2) is 0 Å². The first-order valence-corrected chi connectivity index (χ1v) is 5.87. The Bertz CT molecular complexity index is 253. The predicted octanol–water partition coefficient (Wildman–Crippen LogP) is 2.58. The highest BCUT2D eigenvalue weighted by Crippen LogP contribution is 2.30. The Morgan fingerprint density at radius 3 is 2.25 bits per heavy atom. The van der Waals surface area contributed by atoms with Crippen molar-refractivity contribution in [3.63, 3.8) is 0 Å². The lowest BCUT2D eigenvalue weighted by atomic mass is 9.95. The van der Waals surface area contributed by atoms with Crippen LogP contribution in [0, 0.1) is 5.92 Å². The van der Waals surface area contributed by atoms with Crippen LogP contribution >= 0.6 is 0 Å². The van der Waals surface area contributed by atoms with Crippen molar-refractivity contribution in [3.8, 4) is 0 Å². The molecule has 16 heavy (non-hydrogen) atoms. The SMILES string of the molecule is CC(C)C[C@@H]([C@H]1CO1)N(C(=O)O)C(C)(C)C. The molecule has 0 radical (unpaired) electrons. The van der Waals surface area contributed by atoms with Crippen molar-refractivity contribution in [3.05, 3.63) is 0 Å². The maximum absolute atomic E-state index is 11.4. The van der Waals surface area contributed by atoms with E-state index in [9.17, 15) is 9.90 Å². The van der Waals surface area contributed by atoms with Gasteiger partial charge in [0.2, 0.25) is 0 Å². The fraction of sp³-hybridized carbons (Fsp3) is 0.917. The molecule has 0 aliphatic carbocycles. The lowest BCUT2D eigenvalue weighted by molar-refractivity contribution is 0.0518. The van der Waals surface area contributed by atoms with Crippen molar-refractivity contribution < 1.29 is 14.6 Å². The molecule has 0 aromatic carbocycles. The number of carbonyl (C=O) groups is 1. The van der Waals surface area contributed by atoms with E-state index in [0.29, 0.717) is 12.5 Å². The summed E-state index contributed by atoms with van der Waals surface area (Å²) >= 11 is 0. The third kappa shape index (κ3) is 3.37. The van der Waals surface area contributed by atoms with Crippen LogP contribution in [0.25, 0.3) is 0 Å². The normalized spacial score (nSPS) is 22.0. The molecule has 0 unspecified atom stereocenters. The largest absolute Gasteiger partial charge is 0.465 e. The van der Waals surface area contributed by atoms with Crippen molar-refractivity contribution in [2.45, 2.75) is 58.7 Å². The molecule has 0 aromatic rings. The van der Waals surface area contributed by atoms with E-state index in [2.05, 4.69) is 13.8 Å². The van der Waals surface area contributed by atoms with Gasteiger partial charge in [0.25, 0.3) is 0 Å². The van der Waals surface area contributed by atoms with Crippen molar-refractivity contribution >= 4 is 6.09 Å². The standard InChI is InChI=1S/C12H23NO3/c1-8(2)6-9(10-7-16-10)13(11(14)15)12(3,4)5/h8-10H,6-7H2,1-5H3,(H,14,15)/t9-,10+/m0/s1. The Labute approximate surface area is 97.6 Å². The lowest BCUT2D eigenvalue weighted by Crippen LogP contribution is -2.53. The molecule has 0 aromatic heterocycles. The Balaban J connectivity index is 2.83. The summed E-state index contributed by atoms with van der Waals surface area (Å²) in [4.78, 5) is 12.9. The van der Waals surface area contributed by atoms with Gasteiger partial charge in [-0.3, -0.25) is 4.90 Å². The predicted molar refractivity (Wildman–Crippen MR) is 62.6 cm³/mol. The molecule has 0 bridgehead atoms. The average molecular weight is 229 g/mol. The zero-order valence-electron chi connectivity index (χ0n) is 10.9. The zero-order valence-corrected chi connectivity index (χ0v) is 10.9. The molecule has 2 atom stereocenters. The van der Waals surface area contributed by atoms with Gasteiger partial charge in [0.1, 0.15) is 6.10 Å². The van der Waals surface area contributed by atoms with Crippen LogP contribution in [-0.2, 0) is 4.74 Å².